The lowest BCUT2D eigenvalue weighted by atomic mass is 10.1. The Morgan fingerprint density at radius 3 is 2.64 bits per heavy atom. The molecule has 1 N–H and O–H groups in total. The zero-order chi connectivity index (χ0) is 19.7. The molecule has 28 heavy (non-hydrogen) atoms. The molecule has 1 aliphatic rings. The molecule has 0 aliphatic carbocycles. The number of furan rings is 1. The van der Waals surface area contributed by atoms with Crippen LogP contribution in [-0.2, 0) is 11.3 Å². The smallest absolute Gasteiger partial charge is 0.329 e. The van der Waals surface area contributed by atoms with Gasteiger partial charge in [0.05, 0.1) is 6.54 Å². The van der Waals surface area contributed by atoms with Gasteiger partial charge in [-0.25, -0.2) is 4.79 Å². The van der Waals surface area contributed by atoms with Gasteiger partial charge in [-0.05, 0) is 42.3 Å². The summed E-state index contributed by atoms with van der Waals surface area (Å²) in [4.78, 5) is 26.0. The van der Waals surface area contributed by atoms with E-state index in [1.54, 1.807) is 6.07 Å². The molecule has 1 fully saturated rings. The maximum absolute atomic E-state index is 12.6. The lowest BCUT2D eigenvalue weighted by Crippen LogP contribution is -2.30. The van der Waals surface area contributed by atoms with Crippen LogP contribution in [0.25, 0.3) is 17.4 Å². The average Bonchev–Trinajstić information content (AvgIpc) is 3.25. The Morgan fingerprint density at radius 2 is 1.86 bits per heavy atom. The van der Waals surface area contributed by atoms with E-state index in [4.69, 9.17) is 16.0 Å². The second-order valence-corrected chi connectivity index (χ2v) is 6.96. The SMILES string of the molecule is Cc1ccc(Cl)cc1-c1ccc(/C=C2/NC(=O)N(Cc3ccccc3)C2=O)o1. The fourth-order valence-corrected chi connectivity index (χ4v) is 3.23. The molecule has 6 heteroatoms. The number of benzene rings is 2. The van der Waals surface area contributed by atoms with E-state index in [0.29, 0.717) is 16.5 Å². The van der Waals surface area contributed by atoms with Crippen molar-refractivity contribution in [2.24, 2.45) is 0 Å². The normalized spacial score (nSPS) is 15.4. The number of hydrogen-bond donors (Lipinski definition) is 1. The topological polar surface area (TPSA) is 62.6 Å². The van der Waals surface area contributed by atoms with Gasteiger partial charge in [0.25, 0.3) is 5.91 Å². The molecule has 1 aliphatic heterocycles. The van der Waals surface area contributed by atoms with Crippen molar-refractivity contribution in [3.63, 3.8) is 0 Å². The van der Waals surface area contributed by atoms with E-state index in [1.807, 2.05) is 61.5 Å². The Balaban J connectivity index is 1.57. The van der Waals surface area contributed by atoms with Gasteiger partial charge in [-0.1, -0.05) is 48.0 Å². The molecule has 0 radical (unpaired) electrons. The van der Waals surface area contributed by atoms with E-state index in [9.17, 15) is 9.59 Å². The van der Waals surface area contributed by atoms with Gasteiger partial charge in [0, 0.05) is 16.7 Å². The Kier molecular flexibility index (Phi) is 4.75. The molecule has 0 spiro atoms. The highest BCUT2D eigenvalue weighted by Crippen LogP contribution is 2.29. The van der Waals surface area contributed by atoms with E-state index in [0.717, 1.165) is 16.7 Å². The second-order valence-electron chi connectivity index (χ2n) is 6.53. The quantitative estimate of drug-likeness (QED) is 0.502. The number of amides is 3. The minimum atomic E-state index is -0.447. The average molecular weight is 393 g/mol. The van der Waals surface area contributed by atoms with Gasteiger partial charge in [-0.15, -0.1) is 0 Å². The highest BCUT2D eigenvalue weighted by Gasteiger charge is 2.33. The molecule has 3 aromatic rings. The van der Waals surface area contributed by atoms with Crippen molar-refractivity contribution in [2.75, 3.05) is 0 Å². The Morgan fingerprint density at radius 1 is 1.07 bits per heavy atom. The van der Waals surface area contributed by atoms with Crippen LogP contribution in [0, 0.1) is 6.92 Å². The zero-order valence-electron chi connectivity index (χ0n) is 15.1. The van der Waals surface area contributed by atoms with Crippen molar-refractivity contribution < 1.29 is 14.0 Å². The molecule has 0 unspecified atom stereocenters. The maximum Gasteiger partial charge on any atom is 0.329 e. The first kappa shape index (κ1) is 18.1. The number of halogens is 1. The summed E-state index contributed by atoms with van der Waals surface area (Å²) in [5.41, 5.74) is 2.97. The summed E-state index contributed by atoms with van der Waals surface area (Å²) in [7, 11) is 0. The molecule has 0 bridgehead atoms. The first-order valence-corrected chi connectivity index (χ1v) is 9.14. The van der Waals surface area contributed by atoms with Crippen LogP contribution in [0.1, 0.15) is 16.9 Å². The molecular formula is C22H17ClN2O3. The zero-order valence-corrected chi connectivity index (χ0v) is 15.9. The van der Waals surface area contributed by atoms with Gasteiger partial charge in [-0.2, -0.15) is 0 Å². The molecule has 5 nitrogen and oxygen atoms in total. The third-order valence-corrected chi connectivity index (χ3v) is 4.76. The van der Waals surface area contributed by atoms with Crippen molar-refractivity contribution in [3.05, 3.63) is 88.3 Å². The number of nitrogens with zero attached hydrogens (tertiary/aromatic N) is 1. The molecular weight excluding hydrogens is 376 g/mol. The lowest BCUT2D eigenvalue weighted by Gasteiger charge is -2.11. The van der Waals surface area contributed by atoms with Crippen LogP contribution in [0.3, 0.4) is 0 Å². The third kappa shape index (κ3) is 3.57. The van der Waals surface area contributed by atoms with Crippen LogP contribution >= 0.6 is 11.6 Å². The lowest BCUT2D eigenvalue weighted by molar-refractivity contribution is -0.123. The number of carbonyl (C=O) groups is 2. The van der Waals surface area contributed by atoms with Crippen LogP contribution in [0.5, 0.6) is 0 Å². The van der Waals surface area contributed by atoms with Crippen molar-refractivity contribution >= 4 is 29.6 Å². The van der Waals surface area contributed by atoms with Crippen LogP contribution in [0.2, 0.25) is 5.02 Å². The second kappa shape index (κ2) is 7.37. The number of imide groups is 1. The summed E-state index contributed by atoms with van der Waals surface area (Å²) in [6, 6.07) is 18.0. The van der Waals surface area contributed by atoms with Crippen LogP contribution < -0.4 is 5.32 Å². The van der Waals surface area contributed by atoms with Gasteiger partial charge in [0.2, 0.25) is 0 Å². The van der Waals surface area contributed by atoms with Gasteiger partial charge >= 0.3 is 6.03 Å². The molecule has 0 saturated carbocycles. The monoisotopic (exact) mass is 392 g/mol. The van der Waals surface area contributed by atoms with Crippen LogP contribution in [0.4, 0.5) is 4.79 Å². The predicted octanol–water partition coefficient (Wildman–Crippen LogP) is 5.00. The van der Waals surface area contributed by atoms with Crippen LogP contribution in [-0.4, -0.2) is 16.8 Å². The predicted molar refractivity (Wildman–Crippen MR) is 107 cm³/mol. The Hall–Kier alpha value is -3.31. The number of aryl methyl sites for hydroxylation is 1. The highest BCUT2D eigenvalue weighted by atomic mass is 35.5. The standard InChI is InChI=1S/C22H17ClN2O3/c1-14-7-8-16(23)11-18(14)20-10-9-17(28-20)12-19-21(26)25(22(27)24-19)13-15-5-3-2-4-6-15/h2-12H,13H2,1H3,(H,24,27)/b19-12+. The fourth-order valence-electron chi connectivity index (χ4n) is 3.06. The van der Waals surface area contributed by atoms with Gasteiger partial charge < -0.3 is 9.73 Å². The van der Waals surface area contributed by atoms with Crippen molar-refractivity contribution in [2.45, 2.75) is 13.5 Å². The minimum Gasteiger partial charge on any atom is -0.457 e. The van der Waals surface area contributed by atoms with Crippen molar-refractivity contribution in [1.82, 2.24) is 10.2 Å². The van der Waals surface area contributed by atoms with E-state index in [1.165, 1.54) is 11.0 Å². The number of urea groups is 1. The van der Waals surface area contributed by atoms with Gasteiger partial charge in [0.15, 0.2) is 0 Å². The number of nitrogens with one attached hydrogen (secondary N) is 1. The first-order valence-electron chi connectivity index (χ1n) is 8.76. The summed E-state index contributed by atoms with van der Waals surface area (Å²) in [5.74, 6) is 0.732. The molecule has 2 heterocycles. The molecule has 1 aromatic heterocycles. The van der Waals surface area contributed by atoms with E-state index >= 15 is 0 Å². The van der Waals surface area contributed by atoms with Crippen LogP contribution in [0.15, 0.2) is 70.8 Å². The third-order valence-electron chi connectivity index (χ3n) is 4.52. The Bertz CT molecular complexity index is 1090. The van der Waals surface area contributed by atoms with E-state index < -0.39 is 6.03 Å². The molecule has 3 amide bonds. The first-order chi connectivity index (χ1) is 13.5. The van der Waals surface area contributed by atoms with Gasteiger partial charge in [0.1, 0.15) is 17.2 Å². The van der Waals surface area contributed by atoms with E-state index in [-0.39, 0.29) is 18.1 Å². The summed E-state index contributed by atoms with van der Waals surface area (Å²) in [5, 5.41) is 3.23. The summed E-state index contributed by atoms with van der Waals surface area (Å²) in [6.07, 6.45) is 1.54. The Labute approximate surface area is 167 Å². The molecule has 1 saturated heterocycles. The van der Waals surface area contributed by atoms with E-state index in [2.05, 4.69) is 5.32 Å². The highest BCUT2D eigenvalue weighted by molar-refractivity contribution is 6.30. The minimum absolute atomic E-state index is 0.185. The summed E-state index contributed by atoms with van der Waals surface area (Å²) >= 11 is 6.08. The number of rotatable bonds is 4. The molecule has 4 rings (SSSR count). The molecule has 0 atom stereocenters. The summed E-state index contributed by atoms with van der Waals surface area (Å²) < 4.78 is 5.85. The van der Waals surface area contributed by atoms with Crippen molar-refractivity contribution in [3.8, 4) is 11.3 Å². The fraction of sp³-hybridized carbons (Fsp3) is 0.0909. The summed E-state index contributed by atoms with van der Waals surface area (Å²) in [6.45, 7) is 2.18. The largest absolute Gasteiger partial charge is 0.457 e. The molecule has 2 aromatic carbocycles. The van der Waals surface area contributed by atoms with Gasteiger partial charge in [-0.3, -0.25) is 9.69 Å². The number of carbonyl (C=O) groups excluding carboxylic acids is 2. The van der Waals surface area contributed by atoms with Crippen molar-refractivity contribution in [1.29, 1.82) is 0 Å². The number of hydrogen-bond acceptors (Lipinski definition) is 3. The molecule has 140 valence electrons. The maximum atomic E-state index is 12.6.